The van der Waals surface area contributed by atoms with Gasteiger partial charge in [-0.15, -0.1) is 0 Å². The van der Waals surface area contributed by atoms with Crippen molar-refractivity contribution in [3.05, 3.63) is 76.4 Å². The second-order valence-corrected chi connectivity index (χ2v) is 10.1. The molecule has 2 heterocycles. The lowest BCUT2D eigenvalue weighted by atomic mass is 9.64. The molecule has 1 atom stereocenters. The summed E-state index contributed by atoms with van der Waals surface area (Å²) in [6.45, 7) is 5.84. The van der Waals surface area contributed by atoms with Gasteiger partial charge in [0.05, 0.1) is 0 Å². The summed E-state index contributed by atoms with van der Waals surface area (Å²) >= 11 is 0. The number of benzene rings is 2. The van der Waals surface area contributed by atoms with Crippen molar-refractivity contribution in [2.45, 2.75) is 45.7 Å². The minimum Gasteiger partial charge on any atom is -0.337 e. The molecule has 1 unspecified atom stereocenters. The van der Waals surface area contributed by atoms with Crippen LogP contribution in [0, 0.1) is 12.3 Å². The number of carbonyl (C=O) groups excluding carboxylic acids is 4. The van der Waals surface area contributed by atoms with E-state index in [1.165, 1.54) is 16.7 Å². The van der Waals surface area contributed by atoms with E-state index in [0.29, 0.717) is 30.5 Å². The number of rotatable bonds is 7. The van der Waals surface area contributed by atoms with Crippen LogP contribution in [0.5, 0.6) is 0 Å². The average Bonchev–Trinajstić information content (AvgIpc) is 3.12. The zero-order valence-corrected chi connectivity index (χ0v) is 20.0. The van der Waals surface area contributed by atoms with Crippen molar-refractivity contribution in [2.75, 3.05) is 13.1 Å². The third-order valence-electron chi connectivity index (χ3n) is 7.47. The Morgan fingerprint density at radius 3 is 2.54 bits per heavy atom. The quantitative estimate of drug-likeness (QED) is 0.628. The minimum absolute atomic E-state index is 0.0000855. The third kappa shape index (κ3) is 4.27. The number of allylic oxidation sites excluding steroid dienone is 1. The SMILES string of the molecule is Cc1ccc(C2=CC3(C2)CN(C(=O)c2ccc4c(c2)CN(C(C)CCC(=O)NC=O)C4=O)C3)cc1. The van der Waals surface area contributed by atoms with Gasteiger partial charge in [0.1, 0.15) is 0 Å². The number of nitrogens with one attached hydrogen (secondary N) is 1. The van der Waals surface area contributed by atoms with Gasteiger partial charge in [-0.3, -0.25) is 24.5 Å². The van der Waals surface area contributed by atoms with E-state index in [1.807, 2.05) is 17.9 Å². The molecular formula is C28H29N3O4. The Hall–Kier alpha value is -3.74. The van der Waals surface area contributed by atoms with Gasteiger partial charge >= 0.3 is 0 Å². The molecule has 0 saturated carbocycles. The monoisotopic (exact) mass is 471 g/mol. The summed E-state index contributed by atoms with van der Waals surface area (Å²) in [7, 11) is 0. The molecule has 180 valence electrons. The molecule has 1 N–H and O–H groups in total. The Bertz CT molecular complexity index is 1240. The Morgan fingerprint density at radius 1 is 1.14 bits per heavy atom. The third-order valence-corrected chi connectivity index (χ3v) is 7.47. The molecule has 35 heavy (non-hydrogen) atoms. The highest BCUT2D eigenvalue weighted by atomic mass is 16.2. The summed E-state index contributed by atoms with van der Waals surface area (Å²) in [5.41, 5.74) is 6.02. The van der Waals surface area contributed by atoms with Gasteiger partial charge in [-0.05, 0) is 61.6 Å². The summed E-state index contributed by atoms with van der Waals surface area (Å²) in [4.78, 5) is 51.5. The van der Waals surface area contributed by atoms with Crippen LogP contribution in [0.3, 0.4) is 0 Å². The van der Waals surface area contributed by atoms with Crippen molar-refractivity contribution in [2.24, 2.45) is 5.41 Å². The highest BCUT2D eigenvalue weighted by molar-refractivity contribution is 6.01. The van der Waals surface area contributed by atoms with Crippen molar-refractivity contribution in [3.63, 3.8) is 0 Å². The van der Waals surface area contributed by atoms with Crippen molar-refractivity contribution in [1.29, 1.82) is 0 Å². The lowest BCUT2D eigenvalue weighted by Gasteiger charge is -2.54. The highest BCUT2D eigenvalue weighted by Crippen LogP contribution is 2.50. The molecule has 0 radical (unpaired) electrons. The molecule has 7 nitrogen and oxygen atoms in total. The molecule has 1 saturated heterocycles. The van der Waals surface area contributed by atoms with E-state index in [0.717, 1.165) is 25.1 Å². The molecule has 2 aromatic carbocycles. The Morgan fingerprint density at radius 2 is 1.86 bits per heavy atom. The largest absolute Gasteiger partial charge is 0.337 e. The molecule has 2 aliphatic heterocycles. The number of likely N-dealkylation sites (tertiary alicyclic amines) is 1. The van der Waals surface area contributed by atoms with Crippen LogP contribution in [0.1, 0.15) is 63.6 Å². The van der Waals surface area contributed by atoms with Crippen molar-refractivity contribution in [1.82, 2.24) is 15.1 Å². The van der Waals surface area contributed by atoms with Crippen molar-refractivity contribution < 1.29 is 19.2 Å². The number of aryl methyl sites for hydroxylation is 1. The molecule has 3 aliphatic rings. The molecule has 5 rings (SSSR count). The Balaban J connectivity index is 1.19. The van der Waals surface area contributed by atoms with Crippen molar-refractivity contribution in [3.8, 4) is 0 Å². The van der Waals surface area contributed by atoms with Gasteiger partial charge < -0.3 is 9.80 Å². The smallest absolute Gasteiger partial charge is 0.254 e. The molecule has 1 fully saturated rings. The number of nitrogens with zero attached hydrogens (tertiary/aromatic N) is 2. The van der Waals surface area contributed by atoms with Crippen molar-refractivity contribution >= 4 is 29.7 Å². The second kappa shape index (κ2) is 8.80. The fourth-order valence-electron chi connectivity index (χ4n) is 5.38. The minimum atomic E-state index is -0.358. The van der Waals surface area contributed by atoms with Crippen LogP contribution in [-0.2, 0) is 16.1 Å². The molecule has 1 aliphatic carbocycles. The predicted octanol–water partition coefficient (Wildman–Crippen LogP) is 3.32. The van der Waals surface area contributed by atoms with Gasteiger partial charge in [-0.2, -0.15) is 0 Å². The van der Waals surface area contributed by atoms with Crippen LogP contribution in [-0.4, -0.2) is 53.1 Å². The maximum absolute atomic E-state index is 13.1. The number of hydrogen-bond acceptors (Lipinski definition) is 4. The molecule has 4 amide bonds. The highest BCUT2D eigenvalue weighted by Gasteiger charge is 2.49. The summed E-state index contributed by atoms with van der Waals surface area (Å²) in [6, 6.07) is 13.7. The van der Waals surface area contributed by atoms with Crippen LogP contribution < -0.4 is 5.32 Å². The van der Waals surface area contributed by atoms with Crippen LogP contribution in [0.2, 0.25) is 0 Å². The van der Waals surface area contributed by atoms with Gasteiger partial charge in [0.2, 0.25) is 12.3 Å². The van der Waals surface area contributed by atoms with E-state index in [4.69, 9.17) is 0 Å². The summed E-state index contributed by atoms with van der Waals surface area (Å²) < 4.78 is 0. The first-order valence-electron chi connectivity index (χ1n) is 12.0. The number of carbonyl (C=O) groups is 4. The zero-order chi connectivity index (χ0) is 24.7. The Labute approximate surface area is 204 Å². The number of imide groups is 1. The van der Waals surface area contributed by atoms with Gasteiger partial charge in [-0.25, -0.2) is 0 Å². The van der Waals surface area contributed by atoms with Crippen LogP contribution in [0.15, 0.2) is 48.5 Å². The molecule has 1 spiro atoms. The lowest BCUT2D eigenvalue weighted by molar-refractivity contribution is -0.125. The molecular weight excluding hydrogens is 442 g/mol. The van der Waals surface area contributed by atoms with E-state index in [2.05, 4.69) is 42.6 Å². The van der Waals surface area contributed by atoms with Gasteiger partial charge in [0.25, 0.3) is 11.8 Å². The fraction of sp³-hybridized carbons (Fsp3) is 0.357. The van der Waals surface area contributed by atoms with Crippen LogP contribution in [0.25, 0.3) is 5.57 Å². The summed E-state index contributed by atoms with van der Waals surface area (Å²) in [6.07, 6.45) is 4.31. The lowest BCUT2D eigenvalue weighted by Crippen LogP contribution is -2.60. The van der Waals surface area contributed by atoms with E-state index in [1.54, 1.807) is 17.0 Å². The predicted molar refractivity (Wildman–Crippen MR) is 131 cm³/mol. The second-order valence-electron chi connectivity index (χ2n) is 10.1. The van der Waals surface area contributed by atoms with Crippen LogP contribution in [0.4, 0.5) is 0 Å². The first kappa shape index (κ1) is 23.0. The normalized spacial score (nSPS) is 18.3. The molecule has 0 aromatic heterocycles. The van der Waals surface area contributed by atoms with E-state index >= 15 is 0 Å². The molecule has 7 heteroatoms. The molecule has 2 aromatic rings. The standard InChI is InChI=1S/C28H29N3O4/c1-18-3-6-20(7-4-18)23-12-28(13-23)15-30(16-28)26(34)21-8-9-24-22(11-21)14-31(27(24)35)19(2)5-10-25(33)29-17-32/h3-4,6-9,11-12,17,19H,5,10,13-16H2,1-2H3,(H,29,32,33). The zero-order valence-electron chi connectivity index (χ0n) is 20.0. The van der Waals surface area contributed by atoms with E-state index in [-0.39, 0.29) is 35.6 Å². The number of hydrogen-bond donors (Lipinski definition) is 1. The van der Waals surface area contributed by atoms with Gasteiger partial charge in [-0.1, -0.05) is 35.9 Å². The first-order valence-corrected chi connectivity index (χ1v) is 12.0. The summed E-state index contributed by atoms with van der Waals surface area (Å²) in [5, 5.41) is 2.12. The van der Waals surface area contributed by atoms with Gasteiger partial charge in [0.15, 0.2) is 0 Å². The van der Waals surface area contributed by atoms with E-state index < -0.39 is 0 Å². The van der Waals surface area contributed by atoms with Gasteiger partial charge in [0, 0.05) is 48.6 Å². The maximum Gasteiger partial charge on any atom is 0.254 e. The summed E-state index contributed by atoms with van der Waals surface area (Å²) in [5.74, 6) is -0.447. The van der Waals surface area contributed by atoms with E-state index in [9.17, 15) is 19.2 Å². The topological polar surface area (TPSA) is 86.8 Å². The average molecular weight is 472 g/mol. The molecule has 0 bridgehead atoms. The number of amides is 4. The number of fused-ring (bicyclic) bond motifs is 1. The van der Waals surface area contributed by atoms with Crippen LogP contribution >= 0.6 is 0 Å². The maximum atomic E-state index is 13.1. The Kier molecular flexibility index (Phi) is 5.79. The fourth-order valence-corrected chi connectivity index (χ4v) is 5.38. The first-order chi connectivity index (χ1) is 16.8.